The predicted octanol–water partition coefficient (Wildman–Crippen LogP) is 2.19. The molecule has 0 N–H and O–H groups in total. The molecule has 3 rings (SSSR count). The fraction of sp³-hybridized carbons (Fsp3) is 0.833. The van der Waals surface area contributed by atoms with Crippen LogP contribution in [0.2, 0.25) is 0 Å². The normalized spacial score (nSPS) is 38.2. The lowest BCUT2D eigenvalue weighted by atomic mass is 9.78. The van der Waals surface area contributed by atoms with E-state index in [1.807, 2.05) is 0 Å². The molecule has 25 heavy (non-hydrogen) atoms. The van der Waals surface area contributed by atoms with Crippen LogP contribution in [0.25, 0.3) is 0 Å². The van der Waals surface area contributed by atoms with Gasteiger partial charge in [0.25, 0.3) is 0 Å². The van der Waals surface area contributed by atoms with Gasteiger partial charge in [0.05, 0.1) is 11.8 Å². The number of rotatable bonds is 4. The largest absolute Gasteiger partial charge is 0.460 e. The smallest absolute Gasteiger partial charge is 0.343 e. The van der Waals surface area contributed by atoms with E-state index >= 15 is 0 Å². The molecule has 1 aliphatic heterocycles. The van der Waals surface area contributed by atoms with Crippen molar-refractivity contribution in [2.45, 2.75) is 70.9 Å². The molecule has 3 aliphatic rings. The van der Waals surface area contributed by atoms with E-state index in [-0.39, 0.29) is 18.3 Å². The molecule has 140 valence electrons. The second-order valence-corrected chi connectivity index (χ2v) is 8.47. The average Bonchev–Trinajstić information content (AvgIpc) is 3.08. The van der Waals surface area contributed by atoms with Crippen LogP contribution in [0.1, 0.15) is 47.5 Å². The van der Waals surface area contributed by atoms with Crippen LogP contribution >= 0.6 is 0 Å². The summed E-state index contributed by atoms with van der Waals surface area (Å²) in [6, 6.07) is 0. The van der Waals surface area contributed by atoms with E-state index < -0.39 is 53.2 Å². The molecule has 0 aromatic carbocycles. The Hall–Kier alpha value is -1.66. The molecule has 2 bridgehead atoms. The average molecular weight is 356 g/mol. The Labute approximate surface area is 146 Å². The van der Waals surface area contributed by atoms with E-state index in [0.717, 1.165) is 6.92 Å². The number of carbonyl (C=O) groups is 3. The fourth-order valence-electron chi connectivity index (χ4n) is 4.23. The van der Waals surface area contributed by atoms with E-state index in [9.17, 15) is 18.8 Å². The second-order valence-electron chi connectivity index (χ2n) is 8.47. The van der Waals surface area contributed by atoms with Gasteiger partial charge in [0.2, 0.25) is 5.67 Å². The molecule has 0 radical (unpaired) electrons. The lowest BCUT2D eigenvalue weighted by Gasteiger charge is -2.33. The van der Waals surface area contributed by atoms with Gasteiger partial charge in [0, 0.05) is 11.8 Å². The van der Waals surface area contributed by atoms with Crippen molar-refractivity contribution < 1.29 is 33.0 Å². The molecule has 2 saturated carbocycles. The third-order valence-electron chi connectivity index (χ3n) is 5.56. The predicted molar refractivity (Wildman–Crippen MR) is 84.0 cm³/mol. The van der Waals surface area contributed by atoms with Gasteiger partial charge in [-0.15, -0.1) is 0 Å². The minimum Gasteiger partial charge on any atom is -0.460 e. The standard InChI is InChI=1S/C18H25FO6/c1-6-18(5,19)16(22)24-13-9-7-8-10(14(20)23-12(8)13)11(9)15(21)25-17(2,3)4/h8-13H,6-7H2,1-5H3. The highest BCUT2D eigenvalue weighted by atomic mass is 19.1. The maximum atomic E-state index is 14.2. The molecule has 0 spiro atoms. The molecule has 1 heterocycles. The van der Waals surface area contributed by atoms with E-state index in [0.29, 0.717) is 6.42 Å². The van der Waals surface area contributed by atoms with E-state index in [1.54, 1.807) is 27.7 Å². The molecule has 2 aliphatic carbocycles. The quantitative estimate of drug-likeness (QED) is 0.567. The summed E-state index contributed by atoms with van der Waals surface area (Å²) in [6.07, 6.45) is -0.857. The van der Waals surface area contributed by atoms with Crippen molar-refractivity contribution >= 4 is 17.9 Å². The van der Waals surface area contributed by atoms with Crippen molar-refractivity contribution in [2.24, 2.45) is 23.7 Å². The summed E-state index contributed by atoms with van der Waals surface area (Å²) in [5, 5.41) is 0. The lowest BCUT2D eigenvalue weighted by Crippen LogP contribution is -2.47. The van der Waals surface area contributed by atoms with Gasteiger partial charge in [-0.3, -0.25) is 9.59 Å². The topological polar surface area (TPSA) is 78.9 Å². The molecule has 7 unspecified atom stereocenters. The number of esters is 3. The van der Waals surface area contributed by atoms with Gasteiger partial charge < -0.3 is 14.2 Å². The van der Waals surface area contributed by atoms with Crippen LogP contribution in [0.4, 0.5) is 4.39 Å². The van der Waals surface area contributed by atoms with Crippen LogP contribution in [0.5, 0.6) is 0 Å². The van der Waals surface area contributed by atoms with E-state index in [4.69, 9.17) is 14.2 Å². The van der Waals surface area contributed by atoms with Gasteiger partial charge in [-0.05, 0) is 40.5 Å². The zero-order chi connectivity index (χ0) is 18.7. The Morgan fingerprint density at radius 1 is 1.24 bits per heavy atom. The highest BCUT2D eigenvalue weighted by Gasteiger charge is 2.70. The molecule has 1 saturated heterocycles. The molecule has 0 aromatic heterocycles. The monoisotopic (exact) mass is 356 g/mol. The maximum Gasteiger partial charge on any atom is 0.343 e. The van der Waals surface area contributed by atoms with Crippen LogP contribution in [0, 0.1) is 23.7 Å². The van der Waals surface area contributed by atoms with Crippen LogP contribution in [-0.2, 0) is 28.6 Å². The van der Waals surface area contributed by atoms with Gasteiger partial charge >= 0.3 is 17.9 Å². The Bertz CT molecular complexity index is 607. The van der Waals surface area contributed by atoms with Crippen LogP contribution in [-0.4, -0.2) is 41.4 Å². The zero-order valence-electron chi connectivity index (χ0n) is 15.2. The molecular weight excluding hydrogens is 331 g/mol. The van der Waals surface area contributed by atoms with Crippen LogP contribution in [0.15, 0.2) is 0 Å². The summed E-state index contributed by atoms with van der Waals surface area (Å²) in [7, 11) is 0. The van der Waals surface area contributed by atoms with Gasteiger partial charge in [0.15, 0.2) is 0 Å². The van der Waals surface area contributed by atoms with Crippen molar-refractivity contribution in [3.8, 4) is 0 Å². The summed E-state index contributed by atoms with van der Waals surface area (Å²) in [4.78, 5) is 37.0. The Balaban J connectivity index is 1.83. The third kappa shape index (κ3) is 2.91. The second kappa shape index (κ2) is 5.68. The van der Waals surface area contributed by atoms with E-state index in [2.05, 4.69) is 0 Å². The first-order chi connectivity index (χ1) is 11.5. The highest BCUT2D eigenvalue weighted by Crippen LogP contribution is 2.59. The molecule has 7 heteroatoms. The summed E-state index contributed by atoms with van der Waals surface area (Å²) in [5.41, 5.74) is -2.79. The first-order valence-electron chi connectivity index (χ1n) is 8.79. The van der Waals surface area contributed by atoms with E-state index in [1.165, 1.54) is 0 Å². The fourth-order valence-corrected chi connectivity index (χ4v) is 4.23. The number of carbonyl (C=O) groups excluding carboxylic acids is 3. The summed E-state index contributed by atoms with van der Waals surface area (Å²) in [5.74, 6) is -3.73. The van der Waals surface area contributed by atoms with Crippen molar-refractivity contribution in [1.82, 2.24) is 0 Å². The minimum absolute atomic E-state index is 0.0186. The molecule has 3 fully saturated rings. The maximum absolute atomic E-state index is 14.2. The van der Waals surface area contributed by atoms with Crippen molar-refractivity contribution in [3.63, 3.8) is 0 Å². The molecule has 0 aromatic rings. The number of halogens is 1. The Morgan fingerprint density at radius 2 is 1.88 bits per heavy atom. The summed E-state index contributed by atoms with van der Waals surface area (Å²) < 4.78 is 30.4. The number of hydrogen-bond donors (Lipinski definition) is 0. The number of alkyl halides is 1. The minimum atomic E-state index is -2.11. The van der Waals surface area contributed by atoms with Crippen molar-refractivity contribution in [2.75, 3.05) is 0 Å². The zero-order valence-corrected chi connectivity index (χ0v) is 15.2. The molecule has 7 atom stereocenters. The Morgan fingerprint density at radius 3 is 2.44 bits per heavy atom. The van der Waals surface area contributed by atoms with Gasteiger partial charge in [-0.2, -0.15) is 0 Å². The van der Waals surface area contributed by atoms with Crippen molar-refractivity contribution in [3.05, 3.63) is 0 Å². The summed E-state index contributed by atoms with van der Waals surface area (Å²) >= 11 is 0. The summed E-state index contributed by atoms with van der Waals surface area (Å²) in [6.45, 7) is 7.97. The van der Waals surface area contributed by atoms with Gasteiger partial charge in [-0.1, -0.05) is 6.92 Å². The highest BCUT2D eigenvalue weighted by molar-refractivity contribution is 5.86. The lowest BCUT2D eigenvalue weighted by molar-refractivity contribution is -0.178. The van der Waals surface area contributed by atoms with Crippen LogP contribution in [0.3, 0.4) is 0 Å². The van der Waals surface area contributed by atoms with Crippen molar-refractivity contribution in [1.29, 1.82) is 0 Å². The SMILES string of the molecule is CCC(C)(F)C(=O)OC1C2CC3C1OC(=O)C3C2C(=O)OC(C)(C)C. The molecular formula is C18H25FO6. The first kappa shape index (κ1) is 18.1. The molecule has 0 amide bonds. The van der Waals surface area contributed by atoms with Crippen LogP contribution < -0.4 is 0 Å². The Kier molecular flexibility index (Phi) is 4.12. The third-order valence-corrected chi connectivity index (χ3v) is 5.56. The number of hydrogen-bond acceptors (Lipinski definition) is 6. The number of fused-ring (bicyclic) bond motifs is 1. The first-order valence-corrected chi connectivity index (χ1v) is 8.79. The van der Waals surface area contributed by atoms with Gasteiger partial charge in [0.1, 0.15) is 17.8 Å². The molecule has 6 nitrogen and oxygen atoms in total. The number of ether oxygens (including phenoxy) is 3. The van der Waals surface area contributed by atoms with Gasteiger partial charge in [-0.25, -0.2) is 9.18 Å².